The third kappa shape index (κ3) is 3.72. The van der Waals surface area contributed by atoms with Crippen LogP contribution in [0.1, 0.15) is 25.7 Å². The smallest absolute Gasteiger partial charge is 0.262 e. The lowest BCUT2D eigenvalue weighted by molar-refractivity contribution is -0.132. The Morgan fingerprint density at radius 1 is 1.29 bits per heavy atom. The summed E-state index contributed by atoms with van der Waals surface area (Å²) >= 11 is 2.38. The first-order valence-corrected chi connectivity index (χ1v) is 12.4. The van der Waals surface area contributed by atoms with Crippen LogP contribution in [0.25, 0.3) is 0 Å². The fourth-order valence-electron chi connectivity index (χ4n) is 4.11. The van der Waals surface area contributed by atoms with Crippen LogP contribution in [0.15, 0.2) is 26.7 Å². The van der Waals surface area contributed by atoms with Gasteiger partial charge in [0.05, 0.1) is 0 Å². The molecule has 0 aromatic carbocycles. The molecular formula is C17H22N4O4S3. The van der Waals surface area contributed by atoms with Crippen LogP contribution in [-0.4, -0.2) is 66.0 Å². The van der Waals surface area contributed by atoms with E-state index in [4.69, 9.17) is 5.73 Å². The largest absolute Gasteiger partial charge is 0.378 e. The maximum absolute atomic E-state index is 12.7. The summed E-state index contributed by atoms with van der Waals surface area (Å²) < 4.78 is 27.3. The number of carbonyl (C=O) groups is 2. The monoisotopic (exact) mass is 442 g/mol. The number of nitrogens with zero attached hydrogens (tertiary/aromatic N) is 3. The van der Waals surface area contributed by atoms with Gasteiger partial charge in [0, 0.05) is 32.6 Å². The summed E-state index contributed by atoms with van der Waals surface area (Å²) in [7, 11) is -3.42. The van der Waals surface area contributed by atoms with Gasteiger partial charge in [-0.05, 0) is 36.1 Å². The van der Waals surface area contributed by atoms with Crippen molar-refractivity contribution in [3.05, 3.63) is 17.5 Å². The van der Waals surface area contributed by atoms with Crippen LogP contribution >= 0.6 is 23.1 Å². The molecule has 4 rings (SSSR count). The molecule has 2 amide bonds. The number of amides is 2. The van der Waals surface area contributed by atoms with Crippen molar-refractivity contribution in [1.82, 2.24) is 9.21 Å². The summed E-state index contributed by atoms with van der Waals surface area (Å²) in [6.07, 6.45) is 2.47. The van der Waals surface area contributed by atoms with Gasteiger partial charge in [-0.3, -0.25) is 9.59 Å². The Bertz CT molecular complexity index is 905. The number of rotatable bonds is 4. The number of aliphatic imine (C=N–C) groups is 1. The Morgan fingerprint density at radius 3 is 2.61 bits per heavy atom. The first-order chi connectivity index (χ1) is 13.3. The average molecular weight is 443 g/mol. The second-order valence-electron chi connectivity index (χ2n) is 7.50. The van der Waals surface area contributed by atoms with Gasteiger partial charge in [0.25, 0.3) is 15.9 Å². The number of thioether (sulfide) groups is 1. The molecule has 0 aliphatic carbocycles. The third-order valence-corrected chi connectivity index (χ3v) is 10.0. The number of likely N-dealkylation sites (tertiary alicyclic amines) is 1. The van der Waals surface area contributed by atoms with Crippen molar-refractivity contribution in [3.8, 4) is 0 Å². The number of carbonyl (C=O) groups excluding carboxylic acids is 2. The minimum atomic E-state index is -3.42. The zero-order valence-corrected chi connectivity index (χ0v) is 17.7. The fourth-order valence-corrected chi connectivity index (χ4v) is 7.51. The first kappa shape index (κ1) is 19.9. The molecular weight excluding hydrogens is 420 g/mol. The molecule has 3 aliphatic rings. The number of hydrogen-bond donors (Lipinski definition) is 1. The number of amidine groups is 1. The molecule has 1 spiro atoms. The van der Waals surface area contributed by atoms with E-state index < -0.39 is 15.3 Å². The quantitative estimate of drug-likeness (QED) is 0.747. The Kier molecular flexibility index (Phi) is 5.27. The van der Waals surface area contributed by atoms with Crippen molar-refractivity contribution < 1.29 is 18.0 Å². The molecule has 1 aromatic heterocycles. The van der Waals surface area contributed by atoms with E-state index in [-0.39, 0.29) is 28.8 Å². The molecule has 11 heteroatoms. The highest BCUT2D eigenvalue weighted by atomic mass is 32.2. The topological polar surface area (TPSA) is 113 Å². The lowest BCUT2D eigenvalue weighted by Crippen LogP contribution is -2.44. The highest BCUT2D eigenvalue weighted by Crippen LogP contribution is 2.42. The molecule has 0 bridgehead atoms. The maximum Gasteiger partial charge on any atom is 0.262 e. The van der Waals surface area contributed by atoms with Gasteiger partial charge in [-0.2, -0.15) is 9.30 Å². The molecule has 152 valence electrons. The van der Waals surface area contributed by atoms with Gasteiger partial charge in [-0.15, -0.1) is 11.3 Å². The van der Waals surface area contributed by atoms with Gasteiger partial charge in [-0.25, -0.2) is 8.42 Å². The van der Waals surface area contributed by atoms with Crippen molar-refractivity contribution in [2.75, 3.05) is 26.2 Å². The van der Waals surface area contributed by atoms with Crippen molar-refractivity contribution in [3.63, 3.8) is 0 Å². The standard InChI is InChI=1S/C17H22N4O4S3/c18-16-19-15(23)12(27-16)10-13(22)20-6-3-17(11-20)4-7-21(8-5-17)28(24,25)14-2-1-9-26-14/h1-2,9,12H,3-8,10-11H2,(H2,18,19,23). The van der Waals surface area contributed by atoms with E-state index in [1.54, 1.807) is 21.8 Å². The summed E-state index contributed by atoms with van der Waals surface area (Å²) in [5.41, 5.74) is 5.53. The lowest BCUT2D eigenvalue weighted by atomic mass is 9.78. The molecule has 28 heavy (non-hydrogen) atoms. The van der Waals surface area contributed by atoms with Gasteiger partial charge < -0.3 is 10.6 Å². The molecule has 1 unspecified atom stereocenters. The van der Waals surface area contributed by atoms with Crippen LogP contribution in [0.5, 0.6) is 0 Å². The third-order valence-electron chi connectivity index (χ3n) is 5.78. The van der Waals surface area contributed by atoms with E-state index >= 15 is 0 Å². The number of thiophene rings is 1. The zero-order chi connectivity index (χ0) is 19.9. The van der Waals surface area contributed by atoms with E-state index in [0.29, 0.717) is 30.4 Å². The van der Waals surface area contributed by atoms with Crippen LogP contribution in [0.4, 0.5) is 0 Å². The molecule has 1 atom stereocenters. The lowest BCUT2D eigenvalue weighted by Gasteiger charge is -2.38. The summed E-state index contributed by atoms with van der Waals surface area (Å²) in [6.45, 7) is 2.23. The van der Waals surface area contributed by atoms with Crippen LogP contribution in [0.2, 0.25) is 0 Å². The van der Waals surface area contributed by atoms with Crippen molar-refractivity contribution in [2.24, 2.45) is 16.1 Å². The molecule has 2 saturated heterocycles. The summed E-state index contributed by atoms with van der Waals surface area (Å²) in [4.78, 5) is 29.8. The van der Waals surface area contributed by atoms with E-state index in [1.807, 2.05) is 4.90 Å². The number of piperidine rings is 1. The molecule has 8 nitrogen and oxygen atoms in total. The van der Waals surface area contributed by atoms with E-state index in [1.165, 1.54) is 11.3 Å². The molecule has 2 N–H and O–H groups in total. The van der Waals surface area contributed by atoms with Crippen molar-refractivity contribution in [2.45, 2.75) is 35.1 Å². The second-order valence-corrected chi connectivity index (χ2v) is 11.8. The first-order valence-electron chi connectivity index (χ1n) is 9.15. The van der Waals surface area contributed by atoms with E-state index in [2.05, 4.69) is 4.99 Å². The van der Waals surface area contributed by atoms with Crippen molar-refractivity contribution >= 4 is 50.1 Å². The second kappa shape index (κ2) is 7.43. The van der Waals surface area contributed by atoms with Gasteiger partial charge in [-0.1, -0.05) is 17.8 Å². The van der Waals surface area contributed by atoms with Crippen LogP contribution in [0, 0.1) is 5.41 Å². The Hall–Kier alpha value is -1.43. The van der Waals surface area contributed by atoms with E-state index in [0.717, 1.165) is 31.0 Å². The fraction of sp³-hybridized carbons (Fsp3) is 0.588. The molecule has 0 saturated carbocycles. The average Bonchev–Trinajstić information content (AvgIpc) is 3.37. The Balaban J connectivity index is 1.33. The van der Waals surface area contributed by atoms with Gasteiger partial charge in [0.1, 0.15) is 9.46 Å². The van der Waals surface area contributed by atoms with Gasteiger partial charge >= 0.3 is 0 Å². The van der Waals surface area contributed by atoms with Gasteiger partial charge in [0.2, 0.25) is 5.91 Å². The minimum absolute atomic E-state index is 0.0283. The predicted molar refractivity (Wildman–Crippen MR) is 109 cm³/mol. The minimum Gasteiger partial charge on any atom is -0.378 e. The normalized spacial score (nSPS) is 25.4. The van der Waals surface area contributed by atoms with Crippen LogP contribution < -0.4 is 5.73 Å². The summed E-state index contributed by atoms with van der Waals surface area (Å²) in [6, 6.07) is 3.38. The Labute approximate surface area is 172 Å². The summed E-state index contributed by atoms with van der Waals surface area (Å²) in [5.74, 6) is -0.391. The highest BCUT2D eigenvalue weighted by molar-refractivity contribution is 8.15. The molecule has 1 aromatic rings. The molecule has 2 fully saturated rings. The highest BCUT2D eigenvalue weighted by Gasteiger charge is 2.44. The maximum atomic E-state index is 12.7. The Morgan fingerprint density at radius 2 is 2.00 bits per heavy atom. The van der Waals surface area contributed by atoms with Crippen molar-refractivity contribution in [1.29, 1.82) is 0 Å². The molecule has 4 heterocycles. The van der Waals surface area contributed by atoms with Crippen LogP contribution in [0.3, 0.4) is 0 Å². The number of sulfonamides is 1. The van der Waals surface area contributed by atoms with Gasteiger partial charge in [0.15, 0.2) is 5.17 Å². The molecule has 0 radical (unpaired) electrons. The van der Waals surface area contributed by atoms with Crippen LogP contribution in [-0.2, 0) is 19.6 Å². The number of hydrogen-bond acceptors (Lipinski definition) is 7. The number of nitrogens with two attached hydrogens (primary N) is 1. The molecule has 3 aliphatic heterocycles. The SMILES string of the molecule is NC1=NC(=O)C(CC(=O)N2CCC3(CCN(S(=O)(=O)c4cccs4)CC3)C2)S1. The van der Waals surface area contributed by atoms with E-state index in [9.17, 15) is 18.0 Å². The predicted octanol–water partition coefficient (Wildman–Crippen LogP) is 1.10. The zero-order valence-electron chi connectivity index (χ0n) is 15.2. The summed E-state index contributed by atoms with van der Waals surface area (Å²) in [5, 5.41) is 1.48.